The van der Waals surface area contributed by atoms with Crippen molar-refractivity contribution in [3.63, 3.8) is 0 Å². The van der Waals surface area contributed by atoms with Gasteiger partial charge in [-0.05, 0) is 83.5 Å². The molecular formula is C75H136O6. The standard InChI is InChI=1S/C75H136O6/c1-4-7-10-13-16-19-22-24-26-28-30-32-33-34-35-36-37-38-39-40-41-43-44-46-48-50-53-56-59-62-65-68-74(77)80-71-72(70-79-73(76)67-64-61-58-55-52-21-18-15-12-9-6-3)81-75(78)69-66-63-60-57-54-51-49-47-45-42-31-29-27-25-23-20-17-14-11-8-5-2/h7,10,16,19,24,26,29-32,72H,4-6,8-9,11-15,17-18,20-23,25,27-28,33-71H2,1-3H3/b10-7-,19-16-,26-24-,31-29-,32-30-. The summed E-state index contributed by atoms with van der Waals surface area (Å²) < 4.78 is 17.0. The van der Waals surface area contributed by atoms with Crippen LogP contribution in [-0.2, 0) is 28.6 Å². The lowest BCUT2D eigenvalue weighted by molar-refractivity contribution is -0.167. The molecule has 0 radical (unpaired) electrons. The van der Waals surface area contributed by atoms with E-state index in [9.17, 15) is 14.4 Å². The van der Waals surface area contributed by atoms with Gasteiger partial charge in [0.2, 0.25) is 0 Å². The summed E-state index contributed by atoms with van der Waals surface area (Å²) in [6.07, 6.45) is 89.8. The van der Waals surface area contributed by atoms with Crippen LogP contribution < -0.4 is 0 Å². The Morgan fingerprint density at radius 1 is 0.259 bits per heavy atom. The van der Waals surface area contributed by atoms with Gasteiger partial charge in [-0.2, -0.15) is 0 Å². The highest BCUT2D eigenvalue weighted by Crippen LogP contribution is 2.18. The minimum atomic E-state index is -0.772. The Bertz CT molecular complexity index is 1440. The van der Waals surface area contributed by atoms with E-state index in [1.54, 1.807) is 0 Å². The van der Waals surface area contributed by atoms with E-state index >= 15 is 0 Å². The molecule has 0 aliphatic rings. The van der Waals surface area contributed by atoms with Crippen LogP contribution in [0.3, 0.4) is 0 Å². The lowest BCUT2D eigenvalue weighted by atomic mass is 10.0. The second-order valence-electron chi connectivity index (χ2n) is 24.1. The molecule has 0 rings (SSSR count). The lowest BCUT2D eigenvalue weighted by Gasteiger charge is -2.18. The van der Waals surface area contributed by atoms with E-state index in [-0.39, 0.29) is 31.1 Å². The predicted molar refractivity (Wildman–Crippen MR) is 353 cm³/mol. The van der Waals surface area contributed by atoms with E-state index in [4.69, 9.17) is 14.2 Å². The van der Waals surface area contributed by atoms with Crippen molar-refractivity contribution in [2.24, 2.45) is 0 Å². The number of rotatable bonds is 66. The Kier molecular flexibility index (Phi) is 67.1. The van der Waals surface area contributed by atoms with E-state index in [0.717, 1.165) is 83.5 Å². The summed E-state index contributed by atoms with van der Waals surface area (Å²) >= 11 is 0. The first-order valence-corrected chi connectivity index (χ1v) is 35.8. The molecule has 0 aliphatic carbocycles. The average molecular weight is 1130 g/mol. The second kappa shape index (κ2) is 69.6. The quantitative estimate of drug-likeness (QED) is 0.0261. The zero-order valence-corrected chi connectivity index (χ0v) is 54.3. The van der Waals surface area contributed by atoms with Crippen LogP contribution in [0.2, 0.25) is 0 Å². The van der Waals surface area contributed by atoms with Gasteiger partial charge < -0.3 is 14.2 Å². The molecule has 0 N–H and O–H groups in total. The van der Waals surface area contributed by atoms with Crippen molar-refractivity contribution in [2.75, 3.05) is 13.2 Å². The summed E-state index contributed by atoms with van der Waals surface area (Å²) in [5.41, 5.74) is 0. The van der Waals surface area contributed by atoms with Crippen molar-refractivity contribution in [3.05, 3.63) is 60.8 Å². The number of unbranched alkanes of at least 4 members (excludes halogenated alkanes) is 45. The Balaban J connectivity index is 4.14. The zero-order valence-electron chi connectivity index (χ0n) is 54.3. The maximum Gasteiger partial charge on any atom is 0.306 e. The van der Waals surface area contributed by atoms with Crippen LogP contribution in [-0.4, -0.2) is 37.2 Å². The second-order valence-corrected chi connectivity index (χ2v) is 24.1. The molecule has 81 heavy (non-hydrogen) atoms. The molecule has 1 atom stereocenters. The fraction of sp³-hybridized carbons (Fsp3) is 0.827. The molecular weight excluding hydrogens is 997 g/mol. The molecule has 1 unspecified atom stereocenters. The smallest absolute Gasteiger partial charge is 0.306 e. The van der Waals surface area contributed by atoms with Gasteiger partial charge in [0, 0.05) is 19.3 Å². The molecule has 0 bridgehead atoms. The summed E-state index contributed by atoms with van der Waals surface area (Å²) in [4.78, 5) is 38.4. The number of carbonyl (C=O) groups is 3. The summed E-state index contributed by atoms with van der Waals surface area (Å²) in [6, 6.07) is 0. The average Bonchev–Trinajstić information content (AvgIpc) is 3.47. The third-order valence-corrected chi connectivity index (χ3v) is 16.0. The molecule has 0 spiro atoms. The molecule has 0 heterocycles. The van der Waals surface area contributed by atoms with Gasteiger partial charge in [-0.1, -0.05) is 338 Å². The van der Waals surface area contributed by atoms with Gasteiger partial charge in [0.15, 0.2) is 6.10 Å². The number of esters is 3. The summed E-state index contributed by atoms with van der Waals surface area (Å²) in [5, 5.41) is 0. The van der Waals surface area contributed by atoms with Gasteiger partial charge in [0.05, 0.1) is 0 Å². The van der Waals surface area contributed by atoms with Crippen LogP contribution in [0.15, 0.2) is 60.8 Å². The first-order chi connectivity index (χ1) is 40.0. The van der Waals surface area contributed by atoms with Crippen molar-refractivity contribution in [1.29, 1.82) is 0 Å². The largest absolute Gasteiger partial charge is 0.462 e. The number of ether oxygens (including phenoxy) is 3. The molecule has 0 fully saturated rings. The Hall–Kier alpha value is -2.89. The highest BCUT2D eigenvalue weighted by molar-refractivity contribution is 5.71. The molecule has 6 nitrogen and oxygen atoms in total. The van der Waals surface area contributed by atoms with Gasteiger partial charge >= 0.3 is 17.9 Å². The van der Waals surface area contributed by atoms with Crippen LogP contribution in [0, 0.1) is 0 Å². The summed E-state index contributed by atoms with van der Waals surface area (Å²) in [6.45, 7) is 6.58. The van der Waals surface area contributed by atoms with Crippen molar-refractivity contribution < 1.29 is 28.6 Å². The normalized spacial score (nSPS) is 12.4. The van der Waals surface area contributed by atoms with E-state index in [1.807, 2.05) is 0 Å². The number of carbonyl (C=O) groups excluding carboxylic acids is 3. The van der Waals surface area contributed by atoms with Crippen molar-refractivity contribution in [3.8, 4) is 0 Å². The van der Waals surface area contributed by atoms with Crippen molar-refractivity contribution in [1.82, 2.24) is 0 Å². The molecule has 0 aromatic heterocycles. The fourth-order valence-electron chi connectivity index (χ4n) is 10.7. The van der Waals surface area contributed by atoms with Gasteiger partial charge in [0.25, 0.3) is 0 Å². The molecule has 0 aromatic carbocycles. The van der Waals surface area contributed by atoms with Crippen LogP contribution in [0.1, 0.15) is 380 Å². The topological polar surface area (TPSA) is 78.9 Å². The molecule has 472 valence electrons. The summed E-state index contributed by atoms with van der Waals surface area (Å²) in [5.74, 6) is -0.846. The number of allylic oxidation sites excluding steroid dienone is 10. The molecule has 6 heteroatoms. The molecule has 0 aromatic rings. The minimum absolute atomic E-state index is 0.0687. The SMILES string of the molecule is CC/C=C\C/C=C\C/C=C\C/C=C\CCCCCCCCCCCCCCCCCCCCC(=O)OCC(COC(=O)CCCCCCCCCCCCC)OC(=O)CCCCCCCCCCC/C=C\CCCCCCCCCC. The zero-order chi connectivity index (χ0) is 58.5. The third kappa shape index (κ3) is 67.8. The van der Waals surface area contributed by atoms with Gasteiger partial charge in [-0.3, -0.25) is 14.4 Å². The lowest BCUT2D eigenvalue weighted by Crippen LogP contribution is -2.30. The summed E-state index contributed by atoms with van der Waals surface area (Å²) in [7, 11) is 0. The highest BCUT2D eigenvalue weighted by atomic mass is 16.6. The van der Waals surface area contributed by atoms with Crippen LogP contribution in [0.25, 0.3) is 0 Å². The first-order valence-electron chi connectivity index (χ1n) is 35.8. The highest BCUT2D eigenvalue weighted by Gasteiger charge is 2.19. The van der Waals surface area contributed by atoms with Crippen LogP contribution >= 0.6 is 0 Å². The van der Waals surface area contributed by atoms with Gasteiger partial charge in [-0.25, -0.2) is 0 Å². The fourth-order valence-corrected chi connectivity index (χ4v) is 10.7. The minimum Gasteiger partial charge on any atom is -0.462 e. The van der Waals surface area contributed by atoms with E-state index in [1.165, 1.54) is 257 Å². The van der Waals surface area contributed by atoms with E-state index < -0.39 is 6.10 Å². The Morgan fingerprint density at radius 2 is 0.481 bits per heavy atom. The molecule has 0 amide bonds. The van der Waals surface area contributed by atoms with E-state index in [2.05, 4.69) is 81.5 Å². The van der Waals surface area contributed by atoms with Crippen LogP contribution in [0.5, 0.6) is 0 Å². The first kappa shape index (κ1) is 78.1. The maximum atomic E-state index is 12.9. The molecule has 0 saturated heterocycles. The van der Waals surface area contributed by atoms with Crippen molar-refractivity contribution in [2.45, 2.75) is 386 Å². The number of hydrogen-bond acceptors (Lipinski definition) is 6. The monoisotopic (exact) mass is 1130 g/mol. The Morgan fingerprint density at radius 3 is 0.765 bits per heavy atom. The van der Waals surface area contributed by atoms with Crippen LogP contribution in [0.4, 0.5) is 0 Å². The van der Waals surface area contributed by atoms with Crippen molar-refractivity contribution >= 4 is 17.9 Å². The predicted octanol–water partition coefficient (Wildman–Crippen LogP) is 24.7. The Labute approximate surface area is 504 Å². The van der Waals surface area contributed by atoms with E-state index in [0.29, 0.717) is 19.3 Å². The maximum absolute atomic E-state index is 12.9. The number of hydrogen-bond donors (Lipinski definition) is 0. The van der Waals surface area contributed by atoms with Gasteiger partial charge in [-0.15, -0.1) is 0 Å². The molecule has 0 aliphatic heterocycles. The third-order valence-electron chi connectivity index (χ3n) is 16.0. The molecule has 0 saturated carbocycles. The van der Waals surface area contributed by atoms with Gasteiger partial charge in [0.1, 0.15) is 13.2 Å².